The van der Waals surface area contributed by atoms with E-state index in [-0.39, 0.29) is 18.9 Å². The Hall–Kier alpha value is -3.02. The van der Waals surface area contributed by atoms with E-state index in [9.17, 15) is 9.59 Å². The lowest BCUT2D eigenvalue weighted by atomic mass is 10.0. The standard InChI is InChI=1S/C20H23NO5/c1-5-26-20(23)15-8-6-7-9-16(15)21-19(22)12-14-11-18(25-4)17(24-3)10-13(14)2/h6-11H,5,12H2,1-4H3,(H,21,22). The van der Waals surface area contributed by atoms with Crippen molar-refractivity contribution in [2.75, 3.05) is 26.1 Å². The highest BCUT2D eigenvalue weighted by Gasteiger charge is 2.16. The number of carbonyl (C=O) groups is 2. The lowest BCUT2D eigenvalue weighted by Crippen LogP contribution is -2.18. The molecule has 6 nitrogen and oxygen atoms in total. The van der Waals surface area contributed by atoms with Gasteiger partial charge in [0.05, 0.1) is 38.5 Å². The van der Waals surface area contributed by atoms with Crippen LogP contribution in [0.25, 0.3) is 0 Å². The summed E-state index contributed by atoms with van der Waals surface area (Å²) in [5.41, 5.74) is 2.48. The van der Waals surface area contributed by atoms with Crippen molar-refractivity contribution in [3.63, 3.8) is 0 Å². The highest BCUT2D eigenvalue weighted by atomic mass is 16.5. The third kappa shape index (κ3) is 4.53. The van der Waals surface area contributed by atoms with Crippen molar-refractivity contribution in [1.82, 2.24) is 0 Å². The number of rotatable bonds is 7. The number of aryl methyl sites for hydroxylation is 1. The van der Waals surface area contributed by atoms with Crippen molar-refractivity contribution in [3.8, 4) is 11.5 Å². The first-order valence-corrected chi connectivity index (χ1v) is 8.27. The van der Waals surface area contributed by atoms with E-state index in [0.717, 1.165) is 11.1 Å². The zero-order chi connectivity index (χ0) is 19.1. The van der Waals surface area contributed by atoms with Crippen LogP contribution in [0.5, 0.6) is 11.5 Å². The average molecular weight is 357 g/mol. The second-order valence-electron chi connectivity index (χ2n) is 5.62. The first kappa shape index (κ1) is 19.3. The van der Waals surface area contributed by atoms with Crippen molar-refractivity contribution in [3.05, 3.63) is 53.1 Å². The van der Waals surface area contributed by atoms with Gasteiger partial charge in [0.1, 0.15) is 0 Å². The number of nitrogens with one attached hydrogen (secondary N) is 1. The minimum atomic E-state index is -0.467. The summed E-state index contributed by atoms with van der Waals surface area (Å²) in [7, 11) is 3.11. The number of amides is 1. The third-order valence-corrected chi connectivity index (χ3v) is 3.89. The number of benzene rings is 2. The second-order valence-corrected chi connectivity index (χ2v) is 5.62. The Morgan fingerprint density at radius 1 is 1.04 bits per heavy atom. The number of hydrogen-bond donors (Lipinski definition) is 1. The van der Waals surface area contributed by atoms with Gasteiger partial charge in [-0.3, -0.25) is 4.79 Å². The minimum Gasteiger partial charge on any atom is -0.493 e. The van der Waals surface area contributed by atoms with Crippen LogP contribution in [-0.4, -0.2) is 32.7 Å². The van der Waals surface area contributed by atoms with E-state index in [2.05, 4.69) is 5.32 Å². The maximum atomic E-state index is 12.5. The van der Waals surface area contributed by atoms with Crippen molar-refractivity contribution < 1.29 is 23.8 Å². The number of carbonyl (C=O) groups excluding carboxylic acids is 2. The summed E-state index contributed by atoms with van der Waals surface area (Å²) in [6, 6.07) is 10.4. The van der Waals surface area contributed by atoms with Gasteiger partial charge in [0, 0.05) is 0 Å². The molecule has 0 saturated carbocycles. The zero-order valence-electron chi connectivity index (χ0n) is 15.4. The second kappa shape index (κ2) is 8.89. The molecule has 0 aliphatic rings. The van der Waals surface area contributed by atoms with E-state index >= 15 is 0 Å². The molecule has 26 heavy (non-hydrogen) atoms. The maximum Gasteiger partial charge on any atom is 0.340 e. The van der Waals surface area contributed by atoms with Gasteiger partial charge in [0.2, 0.25) is 5.91 Å². The van der Waals surface area contributed by atoms with Crippen LogP contribution in [0.2, 0.25) is 0 Å². The van der Waals surface area contributed by atoms with Crippen molar-refractivity contribution in [2.45, 2.75) is 20.3 Å². The van der Waals surface area contributed by atoms with E-state index in [1.807, 2.05) is 13.0 Å². The van der Waals surface area contributed by atoms with Gasteiger partial charge in [-0.1, -0.05) is 12.1 Å². The monoisotopic (exact) mass is 357 g/mol. The van der Waals surface area contributed by atoms with Crippen LogP contribution in [0.15, 0.2) is 36.4 Å². The first-order chi connectivity index (χ1) is 12.5. The van der Waals surface area contributed by atoms with Gasteiger partial charge in [0.25, 0.3) is 0 Å². The molecule has 6 heteroatoms. The topological polar surface area (TPSA) is 73.9 Å². The number of ether oxygens (including phenoxy) is 3. The van der Waals surface area contributed by atoms with Gasteiger partial charge in [-0.25, -0.2) is 4.79 Å². The molecule has 0 fully saturated rings. The predicted octanol–water partition coefficient (Wildman–Crippen LogP) is 3.37. The number of hydrogen-bond acceptors (Lipinski definition) is 5. The summed E-state index contributed by atoms with van der Waals surface area (Å²) in [6.07, 6.45) is 0.142. The summed E-state index contributed by atoms with van der Waals surface area (Å²) >= 11 is 0. The molecule has 0 atom stereocenters. The summed E-state index contributed by atoms with van der Waals surface area (Å²) in [5, 5.41) is 2.78. The number of esters is 1. The molecule has 0 aliphatic carbocycles. The highest BCUT2D eigenvalue weighted by molar-refractivity contribution is 6.01. The fraction of sp³-hybridized carbons (Fsp3) is 0.300. The molecular weight excluding hydrogens is 334 g/mol. The molecule has 0 spiro atoms. The van der Waals surface area contributed by atoms with Crippen LogP contribution < -0.4 is 14.8 Å². The van der Waals surface area contributed by atoms with Gasteiger partial charge in [-0.2, -0.15) is 0 Å². The number of anilines is 1. The van der Waals surface area contributed by atoms with Crippen LogP contribution >= 0.6 is 0 Å². The highest BCUT2D eigenvalue weighted by Crippen LogP contribution is 2.30. The van der Waals surface area contributed by atoms with E-state index in [0.29, 0.717) is 22.7 Å². The molecule has 0 aromatic heterocycles. The molecule has 2 rings (SSSR count). The number of para-hydroxylation sites is 1. The minimum absolute atomic E-state index is 0.142. The van der Waals surface area contributed by atoms with E-state index in [4.69, 9.17) is 14.2 Å². The summed E-state index contributed by atoms with van der Waals surface area (Å²) in [6.45, 7) is 3.90. The molecule has 0 aliphatic heterocycles. The summed E-state index contributed by atoms with van der Waals surface area (Å²) < 4.78 is 15.6. The van der Waals surface area contributed by atoms with Crippen LogP contribution in [0.4, 0.5) is 5.69 Å². The summed E-state index contributed by atoms with van der Waals surface area (Å²) in [5.74, 6) is 0.470. The normalized spacial score (nSPS) is 10.2. The van der Waals surface area contributed by atoms with Crippen LogP contribution in [0.3, 0.4) is 0 Å². The van der Waals surface area contributed by atoms with Gasteiger partial charge in [-0.15, -0.1) is 0 Å². The van der Waals surface area contributed by atoms with Crippen LogP contribution in [-0.2, 0) is 16.0 Å². The van der Waals surface area contributed by atoms with Gasteiger partial charge in [0.15, 0.2) is 11.5 Å². The fourth-order valence-corrected chi connectivity index (χ4v) is 2.56. The van der Waals surface area contributed by atoms with E-state index in [1.54, 1.807) is 51.5 Å². The van der Waals surface area contributed by atoms with Gasteiger partial charge in [-0.05, 0) is 49.2 Å². The molecule has 0 radical (unpaired) electrons. The fourth-order valence-electron chi connectivity index (χ4n) is 2.56. The van der Waals surface area contributed by atoms with Gasteiger partial charge < -0.3 is 19.5 Å². The Kier molecular flexibility index (Phi) is 6.60. The molecule has 138 valence electrons. The molecule has 2 aromatic carbocycles. The van der Waals surface area contributed by atoms with Crippen molar-refractivity contribution in [2.24, 2.45) is 0 Å². The Morgan fingerprint density at radius 3 is 2.35 bits per heavy atom. The predicted molar refractivity (Wildman–Crippen MR) is 99.0 cm³/mol. The molecule has 0 heterocycles. The smallest absolute Gasteiger partial charge is 0.340 e. The Labute approximate surface area is 153 Å². The van der Waals surface area contributed by atoms with Crippen molar-refractivity contribution in [1.29, 1.82) is 0 Å². The molecule has 0 bridgehead atoms. The number of methoxy groups -OCH3 is 2. The summed E-state index contributed by atoms with van der Waals surface area (Å²) in [4.78, 5) is 24.5. The van der Waals surface area contributed by atoms with Crippen LogP contribution in [0.1, 0.15) is 28.4 Å². The SMILES string of the molecule is CCOC(=O)c1ccccc1NC(=O)Cc1cc(OC)c(OC)cc1C. The molecule has 1 amide bonds. The average Bonchev–Trinajstić information content (AvgIpc) is 2.63. The Morgan fingerprint density at radius 2 is 1.69 bits per heavy atom. The van der Waals surface area contributed by atoms with E-state index < -0.39 is 5.97 Å². The molecule has 1 N–H and O–H groups in total. The van der Waals surface area contributed by atoms with Crippen LogP contribution in [0, 0.1) is 6.92 Å². The largest absolute Gasteiger partial charge is 0.493 e. The van der Waals surface area contributed by atoms with Gasteiger partial charge >= 0.3 is 5.97 Å². The molecule has 0 unspecified atom stereocenters. The quantitative estimate of drug-likeness (QED) is 0.769. The molecule has 0 saturated heterocycles. The molecule has 2 aromatic rings. The third-order valence-electron chi connectivity index (χ3n) is 3.89. The maximum absolute atomic E-state index is 12.5. The lowest BCUT2D eigenvalue weighted by Gasteiger charge is -2.14. The Bertz CT molecular complexity index is 801. The zero-order valence-corrected chi connectivity index (χ0v) is 15.4. The molecular formula is C20H23NO5. The van der Waals surface area contributed by atoms with E-state index in [1.165, 1.54) is 0 Å². The lowest BCUT2D eigenvalue weighted by molar-refractivity contribution is -0.115. The Balaban J connectivity index is 2.19. The van der Waals surface area contributed by atoms with Crippen molar-refractivity contribution >= 4 is 17.6 Å². The first-order valence-electron chi connectivity index (χ1n) is 8.27.